The summed E-state index contributed by atoms with van der Waals surface area (Å²) < 4.78 is 0. The molecule has 1 aromatic carbocycles. The predicted molar refractivity (Wildman–Crippen MR) is 60.9 cm³/mol. The molecule has 4 heteroatoms. The first kappa shape index (κ1) is 11.9. The van der Waals surface area contributed by atoms with E-state index in [1.54, 1.807) is 13.0 Å². The van der Waals surface area contributed by atoms with Crippen molar-refractivity contribution in [2.45, 2.75) is 13.3 Å². The second kappa shape index (κ2) is 5.07. The van der Waals surface area contributed by atoms with Crippen LogP contribution in [0.2, 0.25) is 0 Å². The van der Waals surface area contributed by atoms with Crippen molar-refractivity contribution in [1.29, 1.82) is 0 Å². The van der Waals surface area contributed by atoms with Gasteiger partial charge in [-0.2, -0.15) is 0 Å². The summed E-state index contributed by atoms with van der Waals surface area (Å²) in [4.78, 5) is 22.2. The molecule has 1 aromatic rings. The van der Waals surface area contributed by atoms with E-state index in [-0.39, 0.29) is 11.3 Å². The van der Waals surface area contributed by atoms with E-state index in [0.29, 0.717) is 22.9 Å². The molecule has 0 radical (unpaired) electrons. The van der Waals surface area contributed by atoms with Crippen molar-refractivity contribution in [1.82, 2.24) is 0 Å². The SMILES string of the molecule is Cc1cc(C(=O)O)ccc1C(=O)CCBr. The average Bonchev–Trinajstić information content (AvgIpc) is 2.17. The van der Waals surface area contributed by atoms with E-state index in [1.807, 2.05) is 0 Å². The van der Waals surface area contributed by atoms with Crippen molar-refractivity contribution < 1.29 is 14.7 Å². The maximum Gasteiger partial charge on any atom is 0.335 e. The smallest absolute Gasteiger partial charge is 0.335 e. The molecule has 1 rings (SSSR count). The average molecular weight is 271 g/mol. The van der Waals surface area contributed by atoms with Crippen LogP contribution in [0, 0.1) is 6.92 Å². The van der Waals surface area contributed by atoms with Crippen LogP contribution in [0.3, 0.4) is 0 Å². The van der Waals surface area contributed by atoms with E-state index < -0.39 is 5.97 Å². The lowest BCUT2D eigenvalue weighted by Crippen LogP contribution is -2.04. The first-order chi connectivity index (χ1) is 7.06. The Morgan fingerprint density at radius 1 is 1.40 bits per heavy atom. The van der Waals surface area contributed by atoms with Gasteiger partial charge in [-0.05, 0) is 24.6 Å². The van der Waals surface area contributed by atoms with Gasteiger partial charge in [0.25, 0.3) is 0 Å². The third kappa shape index (κ3) is 2.89. The Kier molecular flexibility index (Phi) is 4.03. The minimum absolute atomic E-state index is 0.0290. The molecule has 15 heavy (non-hydrogen) atoms. The zero-order chi connectivity index (χ0) is 11.4. The van der Waals surface area contributed by atoms with Gasteiger partial charge in [0.15, 0.2) is 5.78 Å². The highest BCUT2D eigenvalue weighted by Gasteiger charge is 2.10. The van der Waals surface area contributed by atoms with Gasteiger partial charge < -0.3 is 5.11 Å². The van der Waals surface area contributed by atoms with Gasteiger partial charge in [0.1, 0.15) is 0 Å². The van der Waals surface area contributed by atoms with Crippen LogP contribution >= 0.6 is 15.9 Å². The summed E-state index contributed by atoms with van der Waals surface area (Å²) in [7, 11) is 0. The molecule has 0 bridgehead atoms. The van der Waals surface area contributed by atoms with Gasteiger partial charge in [-0.15, -0.1) is 0 Å². The Hall–Kier alpha value is -1.16. The second-order valence-electron chi connectivity index (χ2n) is 3.20. The van der Waals surface area contributed by atoms with E-state index in [0.717, 1.165) is 0 Å². The Morgan fingerprint density at radius 2 is 2.07 bits per heavy atom. The quantitative estimate of drug-likeness (QED) is 0.676. The third-order valence-electron chi connectivity index (χ3n) is 2.10. The lowest BCUT2D eigenvalue weighted by molar-refractivity contribution is 0.0696. The summed E-state index contributed by atoms with van der Waals surface area (Å²) >= 11 is 3.19. The van der Waals surface area contributed by atoms with Crippen LogP contribution in [0.25, 0.3) is 0 Å². The fraction of sp³-hybridized carbons (Fsp3) is 0.273. The van der Waals surface area contributed by atoms with Gasteiger partial charge in [-0.25, -0.2) is 4.79 Å². The van der Waals surface area contributed by atoms with Crippen LogP contribution in [0.15, 0.2) is 18.2 Å². The molecular formula is C11H11BrO3. The predicted octanol–water partition coefficient (Wildman–Crippen LogP) is 2.66. The van der Waals surface area contributed by atoms with Crippen molar-refractivity contribution in [2.24, 2.45) is 0 Å². The lowest BCUT2D eigenvalue weighted by atomic mass is 10.0. The summed E-state index contributed by atoms with van der Waals surface area (Å²) in [6.45, 7) is 1.74. The molecule has 1 N–H and O–H groups in total. The fourth-order valence-corrected chi connectivity index (χ4v) is 1.69. The summed E-state index contributed by atoms with van der Waals surface area (Å²) in [6, 6.07) is 4.55. The number of Topliss-reactive ketones (excluding diaryl/α,β-unsaturated/α-hetero) is 1. The Labute approximate surface area is 96.2 Å². The second-order valence-corrected chi connectivity index (χ2v) is 3.99. The molecule has 0 saturated carbocycles. The number of halogens is 1. The first-order valence-electron chi connectivity index (χ1n) is 4.49. The largest absolute Gasteiger partial charge is 0.478 e. The minimum Gasteiger partial charge on any atom is -0.478 e. The first-order valence-corrected chi connectivity index (χ1v) is 5.61. The molecule has 80 valence electrons. The van der Waals surface area contributed by atoms with Gasteiger partial charge in [0.05, 0.1) is 5.56 Å². The maximum absolute atomic E-state index is 11.6. The summed E-state index contributed by atoms with van der Waals surface area (Å²) in [6.07, 6.45) is 0.424. The van der Waals surface area contributed by atoms with E-state index in [4.69, 9.17) is 5.11 Å². The lowest BCUT2D eigenvalue weighted by Gasteiger charge is -2.04. The normalized spacial score (nSPS) is 10.0. The molecule has 3 nitrogen and oxygen atoms in total. The third-order valence-corrected chi connectivity index (χ3v) is 2.49. The summed E-state index contributed by atoms with van der Waals surface area (Å²) in [5.41, 5.74) is 1.52. The maximum atomic E-state index is 11.6. The molecule has 0 fully saturated rings. The molecule has 0 amide bonds. The fourth-order valence-electron chi connectivity index (χ4n) is 1.33. The van der Waals surface area contributed by atoms with E-state index >= 15 is 0 Å². The number of aromatic carboxylic acids is 1. The van der Waals surface area contributed by atoms with Crippen LogP contribution in [0.4, 0.5) is 0 Å². The monoisotopic (exact) mass is 270 g/mol. The molecule has 0 saturated heterocycles. The number of carboxylic acids is 1. The van der Waals surface area contributed by atoms with Crippen molar-refractivity contribution in [2.75, 3.05) is 5.33 Å². The van der Waals surface area contributed by atoms with Gasteiger partial charge in [-0.1, -0.05) is 22.0 Å². The van der Waals surface area contributed by atoms with E-state index in [2.05, 4.69) is 15.9 Å². The van der Waals surface area contributed by atoms with Crippen LogP contribution in [0.1, 0.15) is 32.7 Å². The molecular weight excluding hydrogens is 260 g/mol. The molecule has 0 aliphatic rings. The van der Waals surface area contributed by atoms with Gasteiger partial charge in [0.2, 0.25) is 0 Å². The van der Waals surface area contributed by atoms with Crippen molar-refractivity contribution in [3.8, 4) is 0 Å². The highest BCUT2D eigenvalue weighted by molar-refractivity contribution is 9.09. The van der Waals surface area contributed by atoms with Crippen molar-refractivity contribution in [3.63, 3.8) is 0 Å². The number of carboxylic acid groups (broad SMARTS) is 1. The molecule has 0 aromatic heterocycles. The zero-order valence-corrected chi connectivity index (χ0v) is 9.87. The highest BCUT2D eigenvalue weighted by atomic mass is 79.9. The van der Waals surface area contributed by atoms with Crippen molar-refractivity contribution in [3.05, 3.63) is 34.9 Å². The number of benzene rings is 1. The minimum atomic E-state index is -0.974. The van der Waals surface area contributed by atoms with Crippen LogP contribution in [-0.4, -0.2) is 22.2 Å². The molecule has 0 atom stereocenters. The number of aryl methyl sites for hydroxylation is 1. The molecule has 0 aliphatic carbocycles. The van der Waals surface area contributed by atoms with Gasteiger partial charge in [0, 0.05) is 17.3 Å². The molecule has 0 heterocycles. The van der Waals surface area contributed by atoms with Gasteiger partial charge >= 0.3 is 5.97 Å². The van der Waals surface area contributed by atoms with E-state index in [9.17, 15) is 9.59 Å². The van der Waals surface area contributed by atoms with Crippen LogP contribution < -0.4 is 0 Å². The highest BCUT2D eigenvalue weighted by Crippen LogP contribution is 2.13. The Morgan fingerprint density at radius 3 is 2.53 bits per heavy atom. The number of hydrogen-bond donors (Lipinski definition) is 1. The molecule has 0 unspecified atom stereocenters. The Bertz CT molecular complexity index is 399. The number of ketones is 1. The number of rotatable bonds is 4. The zero-order valence-electron chi connectivity index (χ0n) is 8.29. The van der Waals surface area contributed by atoms with Crippen LogP contribution in [-0.2, 0) is 0 Å². The summed E-state index contributed by atoms with van der Waals surface area (Å²) in [5.74, 6) is -0.945. The molecule has 0 spiro atoms. The Balaban J connectivity index is 3.03. The van der Waals surface area contributed by atoms with Gasteiger partial charge in [-0.3, -0.25) is 4.79 Å². The number of carbonyl (C=O) groups is 2. The number of hydrogen-bond acceptors (Lipinski definition) is 2. The standard InChI is InChI=1S/C11H11BrO3/c1-7-6-8(11(14)15)2-3-9(7)10(13)4-5-12/h2-3,6H,4-5H2,1H3,(H,14,15). The van der Waals surface area contributed by atoms with E-state index in [1.165, 1.54) is 12.1 Å². The number of alkyl halides is 1. The van der Waals surface area contributed by atoms with Crippen LogP contribution in [0.5, 0.6) is 0 Å². The molecule has 0 aliphatic heterocycles. The summed E-state index contributed by atoms with van der Waals surface area (Å²) in [5, 5.41) is 9.37. The topological polar surface area (TPSA) is 54.4 Å². The number of carbonyl (C=O) groups excluding carboxylic acids is 1. The van der Waals surface area contributed by atoms with Crippen molar-refractivity contribution >= 4 is 27.7 Å².